The van der Waals surface area contributed by atoms with Crippen molar-refractivity contribution in [2.24, 2.45) is 0 Å². The van der Waals surface area contributed by atoms with Gasteiger partial charge in [-0.1, -0.05) is 310 Å². The van der Waals surface area contributed by atoms with E-state index in [0.717, 1.165) is 74.6 Å². The van der Waals surface area contributed by atoms with Crippen LogP contribution in [0.4, 0.5) is 46.0 Å². The molecular weight excluding hydrogens is 1670 g/mol. The molecule has 4 fully saturated rings. The lowest BCUT2D eigenvalue weighted by atomic mass is 9.61. The largest absolute Gasteiger partial charge is 0.319 e. The molecule has 138 heavy (non-hydrogen) atoms. The molecular formula is C130H110N8. The average Bonchev–Trinajstić information content (AvgIpc) is 1.49. The Hall–Kier alpha value is -14.3. The van der Waals surface area contributed by atoms with Gasteiger partial charge < -0.3 is 19.6 Å². The molecule has 8 atom stereocenters. The molecule has 0 bridgehead atoms. The van der Waals surface area contributed by atoms with E-state index in [4.69, 9.17) is 19.9 Å². The SMILES string of the molecule is CC12CCCCC1(C)N(c1nccc3ccccc13)c1ccc(-c3ccc4c5c(-c6ccccc6)c6c7ccc(-c8ccc9c(c8)C8(C)CCCCC8(C)N9c8nccc9ccccc89)c8c(-c9ccc%10c(c9)C9(C)CCCCC9(C)N%10c9nccc%10ccccc9%10)ccc(c6c(-c6ccccc6)c5c5ccc(-c6ccc9c(c6)C6(C)CCCCC6(C)N9c6nccc9ccccc69)c3c45)c87)cc12. The number of nitrogens with zero attached hydrogens (tertiary/aromatic N) is 8. The van der Waals surface area contributed by atoms with Crippen LogP contribution in [-0.2, 0) is 21.7 Å². The summed E-state index contributed by atoms with van der Waals surface area (Å²) in [7, 11) is 0. The van der Waals surface area contributed by atoms with Crippen molar-refractivity contribution in [2.75, 3.05) is 19.6 Å². The number of pyridine rings is 4. The van der Waals surface area contributed by atoms with Gasteiger partial charge in [0, 0.05) is 90.7 Å². The fraction of sp³-hybridized carbons (Fsp3) is 0.246. The normalized spacial score (nSPS) is 24.2. The quantitative estimate of drug-likeness (QED) is 0.134. The number of anilines is 8. The fourth-order valence-corrected chi connectivity index (χ4v) is 30.5. The maximum atomic E-state index is 5.40. The first-order valence-electron chi connectivity index (χ1n) is 51.2. The molecule has 0 N–H and O–H groups in total. The maximum absolute atomic E-state index is 5.40. The van der Waals surface area contributed by atoms with Crippen molar-refractivity contribution in [3.8, 4) is 66.8 Å². The molecule has 8 heterocycles. The van der Waals surface area contributed by atoms with Gasteiger partial charge >= 0.3 is 0 Å². The second-order valence-electron chi connectivity index (χ2n) is 44.1. The van der Waals surface area contributed by atoms with E-state index < -0.39 is 0 Å². The van der Waals surface area contributed by atoms with Crippen LogP contribution in [0, 0.1) is 0 Å². The summed E-state index contributed by atoms with van der Waals surface area (Å²) in [6.07, 6.45) is 26.2. The van der Waals surface area contributed by atoms with Crippen molar-refractivity contribution in [1.82, 2.24) is 19.9 Å². The Morgan fingerprint density at radius 1 is 0.196 bits per heavy atom. The second-order valence-corrected chi connectivity index (χ2v) is 44.1. The number of benzene rings is 15. The van der Waals surface area contributed by atoms with Gasteiger partial charge in [-0.05, 0) is 327 Å². The minimum atomic E-state index is -0.232. The Balaban J connectivity index is 0.721. The summed E-state index contributed by atoms with van der Waals surface area (Å²) in [5, 5.41) is 25.1. The minimum Gasteiger partial charge on any atom is -0.319 e. The second kappa shape index (κ2) is 28.7. The van der Waals surface area contributed by atoms with E-state index in [0.29, 0.717) is 0 Å². The van der Waals surface area contributed by atoms with E-state index in [-0.39, 0.29) is 43.8 Å². The Bertz CT molecular complexity index is 7840. The summed E-state index contributed by atoms with van der Waals surface area (Å²) >= 11 is 0. The molecule has 0 saturated heterocycles. The third kappa shape index (κ3) is 10.4. The predicted octanol–water partition coefficient (Wildman–Crippen LogP) is 34.6. The number of hydrogen-bond acceptors (Lipinski definition) is 8. The zero-order valence-corrected chi connectivity index (χ0v) is 80.1. The Morgan fingerprint density at radius 2 is 0.428 bits per heavy atom. The highest BCUT2D eigenvalue weighted by Gasteiger charge is 2.63. The van der Waals surface area contributed by atoms with E-state index in [1.54, 1.807) is 0 Å². The highest BCUT2D eigenvalue weighted by Crippen LogP contribution is 2.69. The summed E-state index contributed by atoms with van der Waals surface area (Å²) in [6.45, 7) is 20.6. The van der Waals surface area contributed by atoms with Gasteiger partial charge in [-0.3, -0.25) is 0 Å². The molecule has 21 aromatic rings. The summed E-state index contributed by atoms with van der Waals surface area (Å²) in [6, 6.07) is 119. The van der Waals surface area contributed by atoms with Gasteiger partial charge in [0.15, 0.2) is 0 Å². The standard InChI is InChI=1S/C130H110N8/c1-123-63-23-27-67-127(123,5)135(119-93-39-19-15-31-79(93)59-71-131-119)105-55-43-85(75-101(105)123)89-47-51-97-113-98(52-48-90(111(89)113)86-44-56-106-102(76-86)124(2)64-24-28-68-128(124,6)136(106)120-94-40-20-16-32-80(94)60-72-132-120)116-110(84-37-13-10-14-38-84)118-100-54-50-92(88-46-58-108-104(78-88)126(4)66-26-30-70-130(126,8)138(108)122-96-42-22-18-34-82(96)62-74-134-122)112-91(49-53-99(114(100)112)117(118)109(115(97)116)83-35-11-9-12-36-83)87-45-57-107-103(77-87)125(3)65-25-29-69-129(125,7)137(107)121-95-41-21-17-33-81(95)61-73-133-121/h9-22,31-62,71-78H,23-30,63-70H2,1-8H3. The predicted molar refractivity (Wildman–Crippen MR) is 579 cm³/mol. The third-order valence-corrected chi connectivity index (χ3v) is 38.1. The Labute approximate surface area is 806 Å². The molecule has 4 aliphatic heterocycles. The molecule has 8 heteroatoms. The molecule has 8 aliphatic rings. The van der Waals surface area contributed by atoms with E-state index in [1.165, 1.54) is 271 Å². The Morgan fingerprint density at radius 3 is 0.681 bits per heavy atom. The van der Waals surface area contributed by atoms with Crippen molar-refractivity contribution >= 4 is 154 Å². The van der Waals surface area contributed by atoms with Gasteiger partial charge in [0.2, 0.25) is 0 Å². The van der Waals surface area contributed by atoms with Crippen LogP contribution < -0.4 is 19.6 Å². The van der Waals surface area contributed by atoms with Crippen molar-refractivity contribution < 1.29 is 0 Å². The Kier molecular flexibility index (Phi) is 16.8. The van der Waals surface area contributed by atoms with Gasteiger partial charge in [-0.15, -0.1) is 0 Å². The average molecular weight is 1780 g/mol. The van der Waals surface area contributed by atoms with E-state index in [2.05, 4.69) is 378 Å². The highest BCUT2D eigenvalue weighted by molar-refractivity contribution is 6.48. The molecule has 8 nitrogen and oxygen atoms in total. The fourth-order valence-electron chi connectivity index (χ4n) is 30.5. The molecule has 0 radical (unpaired) electrons. The van der Waals surface area contributed by atoms with Crippen LogP contribution in [0.5, 0.6) is 0 Å². The molecule has 4 aliphatic carbocycles. The van der Waals surface area contributed by atoms with Gasteiger partial charge in [0.25, 0.3) is 0 Å². The number of hydrogen-bond donors (Lipinski definition) is 0. The lowest BCUT2D eigenvalue weighted by molar-refractivity contribution is 0.194. The maximum Gasteiger partial charge on any atom is 0.141 e. The van der Waals surface area contributed by atoms with Crippen LogP contribution in [0.2, 0.25) is 0 Å². The topological polar surface area (TPSA) is 64.5 Å². The zero-order chi connectivity index (χ0) is 92.0. The summed E-state index contributed by atoms with van der Waals surface area (Å²) in [4.78, 5) is 32.3. The summed E-state index contributed by atoms with van der Waals surface area (Å²) in [5.41, 5.74) is 24.1. The van der Waals surface area contributed by atoms with Crippen LogP contribution >= 0.6 is 0 Å². The van der Waals surface area contributed by atoms with Gasteiger partial charge in [0.1, 0.15) is 23.3 Å². The molecule has 8 unspecified atom stereocenters. The van der Waals surface area contributed by atoms with Crippen LogP contribution in [0.25, 0.3) is 174 Å². The molecule has 4 aromatic heterocycles. The minimum absolute atomic E-state index is 0.184. The van der Waals surface area contributed by atoms with Crippen molar-refractivity contribution in [2.45, 2.75) is 202 Å². The molecule has 670 valence electrons. The number of rotatable bonds is 10. The van der Waals surface area contributed by atoms with Crippen molar-refractivity contribution in [3.63, 3.8) is 0 Å². The number of aromatic nitrogens is 4. The number of fused-ring (bicyclic) bond motifs is 22. The summed E-state index contributed by atoms with van der Waals surface area (Å²) in [5.74, 6) is 4.21. The monoisotopic (exact) mass is 1780 g/mol. The van der Waals surface area contributed by atoms with Crippen molar-refractivity contribution in [3.05, 3.63) is 350 Å². The van der Waals surface area contributed by atoms with Crippen LogP contribution in [0.15, 0.2) is 328 Å². The zero-order valence-electron chi connectivity index (χ0n) is 80.1. The lowest BCUT2D eigenvalue weighted by Crippen LogP contribution is -2.54. The third-order valence-electron chi connectivity index (χ3n) is 38.1. The molecule has 4 saturated carbocycles. The van der Waals surface area contributed by atoms with Crippen LogP contribution in [0.1, 0.15) is 180 Å². The van der Waals surface area contributed by atoms with Crippen LogP contribution in [0.3, 0.4) is 0 Å². The van der Waals surface area contributed by atoms with E-state index >= 15 is 0 Å². The first kappa shape index (κ1) is 80.9. The molecule has 0 spiro atoms. The highest BCUT2D eigenvalue weighted by atomic mass is 15.3. The first-order valence-corrected chi connectivity index (χ1v) is 51.2. The summed E-state index contributed by atoms with van der Waals surface area (Å²) < 4.78 is 0. The molecule has 0 amide bonds. The van der Waals surface area contributed by atoms with E-state index in [1.807, 2.05) is 24.8 Å². The van der Waals surface area contributed by atoms with Crippen molar-refractivity contribution in [1.29, 1.82) is 0 Å². The van der Waals surface area contributed by atoms with E-state index in [9.17, 15) is 0 Å². The van der Waals surface area contributed by atoms with Gasteiger partial charge in [0.05, 0.1) is 22.2 Å². The molecule has 17 aromatic carbocycles. The van der Waals surface area contributed by atoms with Gasteiger partial charge in [-0.2, -0.15) is 0 Å². The first-order chi connectivity index (χ1) is 67.4. The molecule has 29 rings (SSSR count). The van der Waals surface area contributed by atoms with Crippen LogP contribution in [-0.4, -0.2) is 42.1 Å². The smallest absolute Gasteiger partial charge is 0.141 e. The van der Waals surface area contributed by atoms with Gasteiger partial charge in [-0.25, -0.2) is 19.9 Å². The lowest BCUT2D eigenvalue weighted by Gasteiger charge is -2.50.